The number of nitriles is 1. The van der Waals surface area contributed by atoms with Crippen molar-refractivity contribution in [3.05, 3.63) is 0 Å². The molecule has 0 spiro atoms. The van der Waals surface area contributed by atoms with Crippen LogP contribution in [0.25, 0.3) is 0 Å². The van der Waals surface area contributed by atoms with Crippen LogP contribution in [-0.2, 0) is 0 Å². The Morgan fingerprint density at radius 1 is 1.45 bits per heavy atom. The zero-order valence-corrected chi connectivity index (χ0v) is 7.52. The second kappa shape index (κ2) is 3.91. The highest BCUT2D eigenvalue weighted by Gasteiger charge is 2.28. The molecule has 1 rings (SSSR count). The molecule has 0 aromatic heterocycles. The molecule has 0 amide bonds. The molecule has 0 aromatic carbocycles. The van der Waals surface area contributed by atoms with Crippen molar-refractivity contribution >= 4 is 12.4 Å². The fourth-order valence-electron chi connectivity index (χ4n) is 1.13. The highest BCUT2D eigenvalue weighted by atomic mass is 35.5. The van der Waals surface area contributed by atoms with E-state index in [0.717, 1.165) is 25.9 Å². The molecule has 2 N–H and O–H groups in total. The molecule has 1 aliphatic rings. The lowest BCUT2D eigenvalue weighted by Crippen LogP contribution is -2.48. The van der Waals surface area contributed by atoms with Crippen LogP contribution in [-0.4, -0.2) is 30.6 Å². The van der Waals surface area contributed by atoms with E-state index < -0.39 is 5.54 Å². The molecule has 0 radical (unpaired) electrons. The Balaban J connectivity index is 0.000001000. The van der Waals surface area contributed by atoms with Crippen molar-refractivity contribution < 1.29 is 0 Å². The first-order valence-corrected chi connectivity index (χ1v) is 3.55. The quantitative estimate of drug-likeness (QED) is 0.578. The third-order valence-corrected chi connectivity index (χ3v) is 2.10. The lowest BCUT2D eigenvalue weighted by molar-refractivity contribution is 0.224. The summed E-state index contributed by atoms with van der Waals surface area (Å²) in [5, 5.41) is 8.64. The Morgan fingerprint density at radius 2 is 1.91 bits per heavy atom. The number of halogens is 1. The summed E-state index contributed by atoms with van der Waals surface area (Å²) in [5.74, 6) is 0. The van der Waals surface area contributed by atoms with Crippen molar-refractivity contribution in [1.82, 2.24) is 4.90 Å². The zero-order valence-electron chi connectivity index (χ0n) is 6.71. The summed E-state index contributed by atoms with van der Waals surface area (Å²) in [6.07, 6.45) is 1.61. The van der Waals surface area contributed by atoms with Crippen LogP contribution in [0.2, 0.25) is 0 Å². The van der Waals surface area contributed by atoms with Crippen molar-refractivity contribution in [3.63, 3.8) is 0 Å². The Hall–Kier alpha value is -0.300. The van der Waals surface area contributed by atoms with Crippen LogP contribution in [0.1, 0.15) is 12.8 Å². The number of rotatable bonds is 0. The number of likely N-dealkylation sites (tertiary alicyclic amines) is 1. The minimum atomic E-state index is -0.535. The second-order valence-corrected chi connectivity index (χ2v) is 3.07. The van der Waals surface area contributed by atoms with Crippen LogP contribution in [0.5, 0.6) is 0 Å². The van der Waals surface area contributed by atoms with Gasteiger partial charge in [0.1, 0.15) is 5.54 Å². The molecule has 0 unspecified atom stereocenters. The fraction of sp³-hybridized carbons (Fsp3) is 0.857. The molecule has 0 bridgehead atoms. The van der Waals surface area contributed by atoms with E-state index in [2.05, 4.69) is 18.0 Å². The molecular formula is C7H14ClN3. The monoisotopic (exact) mass is 175 g/mol. The summed E-state index contributed by atoms with van der Waals surface area (Å²) in [6.45, 7) is 1.90. The van der Waals surface area contributed by atoms with Gasteiger partial charge in [0.25, 0.3) is 0 Å². The highest BCUT2D eigenvalue weighted by Crippen LogP contribution is 2.16. The first-order valence-electron chi connectivity index (χ1n) is 3.55. The van der Waals surface area contributed by atoms with E-state index in [1.54, 1.807) is 0 Å². The van der Waals surface area contributed by atoms with E-state index in [4.69, 9.17) is 11.0 Å². The minimum Gasteiger partial charge on any atom is -0.313 e. The van der Waals surface area contributed by atoms with Crippen molar-refractivity contribution in [2.24, 2.45) is 5.73 Å². The van der Waals surface area contributed by atoms with E-state index in [0.29, 0.717) is 0 Å². The molecule has 11 heavy (non-hydrogen) atoms. The molecule has 1 saturated heterocycles. The normalized spacial score (nSPS) is 23.4. The van der Waals surface area contributed by atoms with Crippen molar-refractivity contribution in [2.45, 2.75) is 18.4 Å². The summed E-state index contributed by atoms with van der Waals surface area (Å²) >= 11 is 0. The number of hydrogen-bond acceptors (Lipinski definition) is 3. The first kappa shape index (κ1) is 10.7. The van der Waals surface area contributed by atoms with Crippen LogP contribution in [0.4, 0.5) is 0 Å². The Bertz CT molecular complexity index is 156. The van der Waals surface area contributed by atoms with E-state index in [1.165, 1.54) is 0 Å². The maximum absolute atomic E-state index is 8.64. The number of nitrogens with zero attached hydrogens (tertiary/aromatic N) is 2. The van der Waals surface area contributed by atoms with Gasteiger partial charge in [-0.2, -0.15) is 5.26 Å². The third kappa shape index (κ3) is 2.66. The van der Waals surface area contributed by atoms with Crippen molar-refractivity contribution in [3.8, 4) is 6.07 Å². The predicted octanol–water partition coefficient (Wildman–Crippen LogP) is 0.355. The number of nitrogens with two attached hydrogens (primary N) is 1. The van der Waals surface area contributed by atoms with Crippen LogP contribution in [0, 0.1) is 11.3 Å². The van der Waals surface area contributed by atoms with Gasteiger partial charge in [0.05, 0.1) is 6.07 Å². The summed E-state index contributed by atoms with van der Waals surface area (Å²) in [5.41, 5.74) is 5.20. The Morgan fingerprint density at radius 3 is 2.27 bits per heavy atom. The van der Waals surface area contributed by atoms with Crippen LogP contribution < -0.4 is 5.73 Å². The lowest BCUT2D eigenvalue weighted by Gasteiger charge is -2.32. The maximum atomic E-state index is 8.64. The van der Waals surface area contributed by atoms with Gasteiger partial charge in [0.2, 0.25) is 0 Å². The van der Waals surface area contributed by atoms with Crippen LogP contribution in [0.15, 0.2) is 0 Å². The average Bonchev–Trinajstić information content (AvgIpc) is 1.96. The van der Waals surface area contributed by atoms with Gasteiger partial charge in [0, 0.05) is 13.1 Å². The van der Waals surface area contributed by atoms with Gasteiger partial charge < -0.3 is 10.6 Å². The molecular weight excluding hydrogens is 162 g/mol. The van der Waals surface area contributed by atoms with Gasteiger partial charge in [-0.3, -0.25) is 0 Å². The van der Waals surface area contributed by atoms with Gasteiger partial charge in [-0.25, -0.2) is 0 Å². The number of piperidine rings is 1. The molecule has 0 aromatic rings. The summed E-state index contributed by atoms with van der Waals surface area (Å²) in [7, 11) is 2.05. The molecule has 64 valence electrons. The maximum Gasteiger partial charge on any atom is 0.106 e. The third-order valence-electron chi connectivity index (χ3n) is 2.10. The summed E-state index contributed by atoms with van der Waals surface area (Å²) < 4.78 is 0. The largest absolute Gasteiger partial charge is 0.313 e. The van der Waals surface area contributed by atoms with Crippen LogP contribution >= 0.6 is 12.4 Å². The minimum absolute atomic E-state index is 0. The van der Waals surface area contributed by atoms with Gasteiger partial charge in [-0.15, -0.1) is 12.4 Å². The van der Waals surface area contributed by atoms with Gasteiger partial charge in [-0.05, 0) is 19.9 Å². The zero-order chi connectivity index (χ0) is 7.61. The SMILES string of the molecule is CN1CCC(N)(C#N)CC1.Cl. The van der Waals surface area contributed by atoms with E-state index in [9.17, 15) is 0 Å². The van der Waals surface area contributed by atoms with Gasteiger partial charge >= 0.3 is 0 Å². The molecule has 1 heterocycles. The molecule has 0 saturated carbocycles. The highest BCUT2D eigenvalue weighted by molar-refractivity contribution is 5.85. The van der Waals surface area contributed by atoms with Crippen molar-refractivity contribution in [2.75, 3.05) is 20.1 Å². The molecule has 4 heteroatoms. The average molecular weight is 176 g/mol. The molecule has 0 atom stereocenters. The number of hydrogen-bond donors (Lipinski definition) is 1. The van der Waals surface area contributed by atoms with E-state index in [1.807, 2.05) is 0 Å². The standard InChI is InChI=1S/C7H13N3.ClH/c1-10-4-2-7(9,6-8)3-5-10;/h2-5,9H2,1H3;1H. The van der Waals surface area contributed by atoms with E-state index in [-0.39, 0.29) is 12.4 Å². The molecule has 3 nitrogen and oxygen atoms in total. The van der Waals surface area contributed by atoms with Crippen molar-refractivity contribution in [1.29, 1.82) is 5.26 Å². The summed E-state index contributed by atoms with van der Waals surface area (Å²) in [4.78, 5) is 2.20. The molecule has 1 fully saturated rings. The molecule has 1 aliphatic heterocycles. The second-order valence-electron chi connectivity index (χ2n) is 3.07. The first-order chi connectivity index (χ1) is 4.66. The lowest BCUT2D eigenvalue weighted by atomic mass is 9.91. The topological polar surface area (TPSA) is 53.0 Å². The Kier molecular flexibility index (Phi) is 3.81. The van der Waals surface area contributed by atoms with E-state index >= 15 is 0 Å². The fourth-order valence-corrected chi connectivity index (χ4v) is 1.13. The summed E-state index contributed by atoms with van der Waals surface area (Å²) in [6, 6.07) is 2.15. The Labute approximate surface area is 73.6 Å². The smallest absolute Gasteiger partial charge is 0.106 e. The van der Waals surface area contributed by atoms with Gasteiger partial charge in [0.15, 0.2) is 0 Å². The predicted molar refractivity (Wildman–Crippen MR) is 46.5 cm³/mol. The van der Waals surface area contributed by atoms with Gasteiger partial charge in [-0.1, -0.05) is 0 Å². The molecule has 0 aliphatic carbocycles. The van der Waals surface area contributed by atoms with Crippen LogP contribution in [0.3, 0.4) is 0 Å².